The van der Waals surface area contributed by atoms with Crippen molar-refractivity contribution in [2.24, 2.45) is 0 Å². The number of benzene rings is 3. The molecule has 0 atom stereocenters. The molecule has 0 aliphatic heterocycles. The molecule has 3 aromatic carbocycles. The van der Waals surface area contributed by atoms with Crippen molar-refractivity contribution in [3.05, 3.63) is 98.8 Å². The van der Waals surface area contributed by atoms with Crippen LogP contribution in [0, 0.1) is 6.92 Å². The zero-order chi connectivity index (χ0) is 20.4. The van der Waals surface area contributed by atoms with Crippen molar-refractivity contribution in [2.45, 2.75) is 6.92 Å². The van der Waals surface area contributed by atoms with Crippen molar-refractivity contribution < 1.29 is 18.7 Å². The Kier molecular flexibility index (Phi) is 5.18. The van der Waals surface area contributed by atoms with Crippen LogP contribution < -0.4 is 14.9 Å². The van der Waals surface area contributed by atoms with Gasteiger partial charge in [0, 0.05) is 6.07 Å². The van der Waals surface area contributed by atoms with Gasteiger partial charge in [0.2, 0.25) is 11.2 Å². The van der Waals surface area contributed by atoms with Gasteiger partial charge in [-0.1, -0.05) is 29.8 Å². The summed E-state index contributed by atoms with van der Waals surface area (Å²) in [5.41, 5.74) is 1.46. The Morgan fingerprint density at radius 3 is 2.48 bits per heavy atom. The number of hydrogen-bond acceptors (Lipinski definition) is 5. The number of esters is 1. The summed E-state index contributed by atoms with van der Waals surface area (Å²) in [6.45, 7) is 1.94. The third kappa shape index (κ3) is 4.07. The fraction of sp³-hybridized carbons (Fsp3) is 0.0435. The van der Waals surface area contributed by atoms with Gasteiger partial charge >= 0.3 is 5.97 Å². The predicted molar refractivity (Wildman–Crippen MR) is 113 cm³/mol. The first-order valence-electron chi connectivity index (χ1n) is 8.78. The molecule has 0 spiro atoms. The molecule has 1 heterocycles. The van der Waals surface area contributed by atoms with Crippen LogP contribution >= 0.6 is 15.9 Å². The van der Waals surface area contributed by atoms with Crippen molar-refractivity contribution in [3.8, 4) is 17.2 Å². The maximum Gasteiger partial charge on any atom is 0.343 e. The van der Waals surface area contributed by atoms with Crippen LogP contribution in [-0.4, -0.2) is 5.97 Å². The smallest absolute Gasteiger partial charge is 0.343 e. The van der Waals surface area contributed by atoms with E-state index in [2.05, 4.69) is 15.9 Å². The summed E-state index contributed by atoms with van der Waals surface area (Å²) in [5.74, 6) is 0.364. The standard InChI is InChI=1S/C23H15BrO5/c1-14-6-8-15(9-7-14)23(26)28-16-10-11-17-20(12-16)27-13-21(22(17)25)29-19-5-3-2-4-18(19)24/h2-13H,1H3. The summed E-state index contributed by atoms with van der Waals surface area (Å²) in [5, 5.41) is 0.324. The first kappa shape index (κ1) is 19.0. The average Bonchev–Trinajstić information content (AvgIpc) is 2.72. The van der Waals surface area contributed by atoms with E-state index < -0.39 is 5.97 Å². The monoisotopic (exact) mass is 450 g/mol. The summed E-state index contributed by atoms with van der Waals surface area (Å²) in [6, 6.07) is 18.9. The molecule has 6 heteroatoms. The van der Waals surface area contributed by atoms with Crippen LogP contribution in [-0.2, 0) is 0 Å². The number of ether oxygens (including phenoxy) is 2. The fourth-order valence-electron chi connectivity index (χ4n) is 2.73. The second-order valence-corrected chi connectivity index (χ2v) is 7.23. The van der Waals surface area contributed by atoms with Crippen LogP contribution in [0.15, 0.2) is 86.7 Å². The molecule has 0 radical (unpaired) electrons. The molecule has 0 amide bonds. The summed E-state index contributed by atoms with van der Waals surface area (Å²) in [7, 11) is 0. The van der Waals surface area contributed by atoms with Crippen molar-refractivity contribution in [3.63, 3.8) is 0 Å². The van der Waals surface area contributed by atoms with E-state index in [1.807, 2.05) is 31.2 Å². The lowest BCUT2D eigenvalue weighted by atomic mass is 10.1. The molecular weight excluding hydrogens is 436 g/mol. The van der Waals surface area contributed by atoms with Gasteiger partial charge in [0.15, 0.2) is 0 Å². The van der Waals surface area contributed by atoms with Gasteiger partial charge in [-0.05, 0) is 59.3 Å². The van der Waals surface area contributed by atoms with E-state index in [1.54, 1.807) is 36.4 Å². The third-order valence-corrected chi connectivity index (χ3v) is 4.92. The molecule has 1 aromatic heterocycles. The molecule has 5 nitrogen and oxygen atoms in total. The summed E-state index contributed by atoms with van der Waals surface area (Å²) in [4.78, 5) is 25.0. The second-order valence-electron chi connectivity index (χ2n) is 6.38. The third-order valence-electron chi connectivity index (χ3n) is 4.27. The normalized spacial score (nSPS) is 10.7. The van der Waals surface area contributed by atoms with E-state index >= 15 is 0 Å². The summed E-state index contributed by atoms with van der Waals surface area (Å²) in [6.07, 6.45) is 1.25. The van der Waals surface area contributed by atoms with Gasteiger partial charge < -0.3 is 13.9 Å². The van der Waals surface area contributed by atoms with Crippen LogP contribution in [0.5, 0.6) is 17.2 Å². The lowest BCUT2D eigenvalue weighted by Crippen LogP contribution is -2.09. The Morgan fingerprint density at radius 1 is 0.966 bits per heavy atom. The van der Waals surface area contributed by atoms with E-state index in [1.165, 1.54) is 12.3 Å². The van der Waals surface area contributed by atoms with E-state index in [0.29, 0.717) is 22.3 Å². The van der Waals surface area contributed by atoms with E-state index in [4.69, 9.17) is 13.9 Å². The fourth-order valence-corrected chi connectivity index (χ4v) is 3.09. The molecule has 29 heavy (non-hydrogen) atoms. The second kappa shape index (κ2) is 7.93. The molecule has 0 aliphatic carbocycles. The van der Waals surface area contributed by atoms with Gasteiger partial charge in [-0.3, -0.25) is 4.79 Å². The Bertz CT molecular complexity index is 1260. The minimum absolute atomic E-state index is 0.0637. The number of para-hydroxylation sites is 1. The molecule has 0 fully saturated rings. The summed E-state index contributed by atoms with van der Waals surface area (Å²) >= 11 is 3.38. The number of carbonyl (C=O) groups is 1. The van der Waals surface area contributed by atoms with E-state index in [0.717, 1.165) is 10.0 Å². The number of fused-ring (bicyclic) bond motifs is 1. The number of rotatable bonds is 4. The highest BCUT2D eigenvalue weighted by Crippen LogP contribution is 2.29. The molecule has 144 valence electrons. The van der Waals surface area contributed by atoms with Crippen LogP contribution in [0.25, 0.3) is 11.0 Å². The zero-order valence-electron chi connectivity index (χ0n) is 15.3. The molecular formula is C23H15BrO5. The highest BCUT2D eigenvalue weighted by atomic mass is 79.9. The minimum Gasteiger partial charge on any atom is -0.460 e. The Balaban J connectivity index is 1.60. The molecule has 4 rings (SSSR count). The minimum atomic E-state index is -0.486. The van der Waals surface area contributed by atoms with Crippen molar-refractivity contribution in [2.75, 3.05) is 0 Å². The van der Waals surface area contributed by atoms with Crippen LogP contribution in [0.2, 0.25) is 0 Å². The van der Waals surface area contributed by atoms with Crippen LogP contribution in [0.4, 0.5) is 0 Å². The van der Waals surface area contributed by atoms with Gasteiger partial charge in [0.05, 0.1) is 15.4 Å². The van der Waals surface area contributed by atoms with Gasteiger partial charge in [0.1, 0.15) is 23.3 Å². The quantitative estimate of drug-likeness (QED) is 0.287. The Morgan fingerprint density at radius 2 is 1.72 bits per heavy atom. The highest BCUT2D eigenvalue weighted by Gasteiger charge is 2.13. The van der Waals surface area contributed by atoms with Crippen molar-refractivity contribution in [1.29, 1.82) is 0 Å². The van der Waals surface area contributed by atoms with Gasteiger partial charge in [-0.15, -0.1) is 0 Å². The summed E-state index contributed by atoms with van der Waals surface area (Å²) < 4.78 is 17.3. The number of aryl methyl sites for hydroxylation is 1. The maximum absolute atomic E-state index is 12.7. The number of carbonyl (C=O) groups excluding carboxylic acids is 1. The van der Waals surface area contributed by atoms with Crippen LogP contribution in [0.1, 0.15) is 15.9 Å². The molecule has 4 aromatic rings. The Hall–Kier alpha value is -3.38. The van der Waals surface area contributed by atoms with E-state index in [-0.39, 0.29) is 16.9 Å². The van der Waals surface area contributed by atoms with Gasteiger partial charge in [-0.25, -0.2) is 4.79 Å². The molecule has 0 saturated carbocycles. The highest BCUT2D eigenvalue weighted by molar-refractivity contribution is 9.10. The molecule has 0 N–H and O–H groups in total. The first-order valence-corrected chi connectivity index (χ1v) is 9.57. The lowest BCUT2D eigenvalue weighted by Gasteiger charge is -2.08. The molecule has 0 aliphatic rings. The zero-order valence-corrected chi connectivity index (χ0v) is 16.9. The molecule has 0 bridgehead atoms. The van der Waals surface area contributed by atoms with Crippen molar-refractivity contribution >= 4 is 32.9 Å². The molecule has 0 saturated heterocycles. The SMILES string of the molecule is Cc1ccc(C(=O)Oc2ccc3c(=O)c(Oc4ccccc4Br)coc3c2)cc1. The topological polar surface area (TPSA) is 65.7 Å². The number of hydrogen-bond donors (Lipinski definition) is 0. The average molecular weight is 451 g/mol. The molecule has 0 unspecified atom stereocenters. The van der Waals surface area contributed by atoms with E-state index in [9.17, 15) is 9.59 Å². The van der Waals surface area contributed by atoms with Gasteiger partial charge in [-0.2, -0.15) is 0 Å². The largest absolute Gasteiger partial charge is 0.460 e. The Labute approximate surface area is 174 Å². The first-order chi connectivity index (χ1) is 14.0. The predicted octanol–water partition coefficient (Wildman–Crippen LogP) is 5.88. The maximum atomic E-state index is 12.7. The van der Waals surface area contributed by atoms with Gasteiger partial charge in [0.25, 0.3) is 0 Å². The van der Waals surface area contributed by atoms with Crippen LogP contribution in [0.3, 0.4) is 0 Å². The number of halogens is 1. The van der Waals surface area contributed by atoms with Crippen molar-refractivity contribution in [1.82, 2.24) is 0 Å². The lowest BCUT2D eigenvalue weighted by molar-refractivity contribution is 0.0735.